The van der Waals surface area contributed by atoms with Gasteiger partial charge in [-0.2, -0.15) is 0 Å². The van der Waals surface area contributed by atoms with E-state index in [-0.39, 0.29) is 4.90 Å². The summed E-state index contributed by atoms with van der Waals surface area (Å²) < 4.78 is 379. The minimum Gasteiger partial charge on any atom is -0.310 e. The third kappa shape index (κ3) is 4.70. The maximum absolute atomic E-state index is 10.4. The van der Waals surface area contributed by atoms with Crippen molar-refractivity contribution in [2.75, 3.05) is 4.90 Å². The van der Waals surface area contributed by atoms with Crippen LogP contribution in [0.5, 0.6) is 0 Å². The van der Waals surface area contributed by atoms with Crippen LogP contribution in [0.3, 0.4) is 0 Å². The fourth-order valence-corrected chi connectivity index (χ4v) is 6.54. The van der Waals surface area contributed by atoms with Crippen LogP contribution in [0.2, 0.25) is 0 Å². The molecule has 0 aliphatic heterocycles. The lowest BCUT2D eigenvalue weighted by atomic mass is 9.66. The Morgan fingerprint density at radius 3 is 1.81 bits per heavy atom. The Balaban J connectivity index is 1.63. The number of hydrogen-bond acceptors (Lipinski definition) is 1. The Morgan fingerprint density at radius 2 is 1.04 bits per heavy atom. The Kier molecular flexibility index (Phi) is 2.31. The lowest BCUT2D eigenvalue weighted by Crippen LogP contribution is -2.25. The number of nitrogens with zero attached hydrogens (tertiary/aromatic N) is 1. The van der Waals surface area contributed by atoms with Crippen molar-refractivity contribution in [1.82, 2.24) is 0 Å². The molecule has 0 saturated heterocycles. The Bertz CT molecular complexity index is 4720. The number of rotatable bonds is 5. The van der Waals surface area contributed by atoms with Gasteiger partial charge in [0.25, 0.3) is 0 Å². The molecule has 0 aromatic heterocycles. The Morgan fingerprint density at radius 1 is 0.434 bits per heavy atom. The van der Waals surface area contributed by atoms with Crippen molar-refractivity contribution in [2.24, 2.45) is 0 Å². The largest absolute Gasteiger partial charge is 0.310 e. The first-order chi connectivity index (χ1) is 42.9. The van der Waals surface area contributed by atoms with Gasteiger partial charge in [-0.1, -0.05) is 172 Å². The topological polar surface area (TPSA) is 3.24 Å². The molecule has 10 rings (SSSR count). The van der Waals surface area contributed by atoms with Crippen LogP contribution < -0.4 is 4.90 Å². The molecule has 0 fully saturated rings. The third-order valence-corrected chi connectivity index (χ3v) is 8.81. The van der Waals surface area contributed by atoms with Crippen LogP contribution in [0.4, 0.5) is 17.1 Å². The Hall–Kier alpha value is -6.18. The van der Waals surface area contributed by atoms with Gasteiger partial charge in [0.15, 0.2) is 0 Å². The molecule has 0 atom stereocenters. The van der Waals surface area contributed by atoms with Crippen LogP contribution in [0.25, 0.3) is 55.3 Å². The first kappa shape index (κ1) is 10.5. The molecule has 0 bridgehead atoms. The molecule has 2 aliphatic carbocycles. The molecule has 8 aromatic carbocycles. The van der Waals surface area contributed by atoms with Crippen molar-refractivity contribution in [3.8, 4) is 44.5 Å². The highest BCUT2D eigenvalue weighted by molar-refractivity contribution is 6.11. The summed E-state index contributed by atoms with van der Waals surface area (Å²) in [6.45, 7) is -17.1. The molecular formula is C52H41N. The van der Waals surface area contributed by atoms with E-state index in [0.29, 0.717) is 0 Å². The normalized spacial score (nSPS) is 26.3. The van der Waals surface area contributed by atoms with Gasteiger partial charge in [0.2, 0.25) is 0 Å². The van der Waals surface area contributed by atoms with Crippen LogP contribution in [0.1, 0.15) is 106 Å². The zero-order chi connectivity index (χ0) is 71.1. The molecule has 0 radical (unpaired) electrons. The zero-order valence-electron chi connectivity index (χ0n) is 67.4. The van der Waals surface area contributed by atoms with Crippen LogP contribution in [0.15, 0.2) is 175 Å². The molecule has 1 heteroatoms. The monoisotopic (exact) mass is 721 g/mol. The molecular weight excluding hydrogens is 639 g/mol. The quantitative estimate of drug-likeness (QED) is 0.171. The van der Waals surface area contributed by atoms with Crippen molar-refractivity contribution in [1.29, 1.82) is 0 Å². The summed E-state index contributed by atoms with van der Waals surface area (Å²) >= 11 is 0. The SMILES string of the molecule is [2H]c1c([2H])c([2H])c(-c2c([2H])c([2H])c(N(c3c([2H])c([2H])c4c(c3[2H])C(C([2H])([2H])[2H])(C([2H])([2H])[2H])c3c([2H])c([2H])c([2H])c([2H])c3-4)c3c([2H])c([2H])c4c([2H])c([2H])c([2H])c5c4c3-c3c([2H])c([2H])c([2H])c(-c4c([2H])c([2H])c([2H])c([2H])c4[2H])c3C5(C([2H])([2H])[2H])C([2H])([2H])[2H])c([2H])c2[2H])c([2H])c1[2H]. The fourth-order valence-electron chi connectivity index (χ4n) is 6.54. The summed E-state index contributed by atoms with van der Waals surface area (Å²) in [6.07, 6.45) is 0. The van der Waals surface area contributed by atoms with E-state index in [2.05, 4.69) is 0 Å². The minimum absolute atomic E-state index is 0.0292. The van der Waals surface area contributed by atoms with Gasteiger partial charge in [-0.3, -0.25) is 0 Å². The lowest BCUT2D eigenvalue weighted by Gasteiger charge is -2.39. The van der Waals surface area contributed by atoms with E-state index in [1.807, 2.05) is 0 Å². The van der Waals surface area contributed by atoms with Gasteiger partial charge in [0.05, 0.1) is 45.4 Å². The average molecular weight is 721 g/mol. The van der Waals surface area contributed by atoms with E-state index in [4.69, 9.17) is 26.0 Å². The summed E-state index contributed by atoms with van der Waals surface area (Å²) in [5.41, 5.74) is -28.8. The van der Waals surface area contributed by atoms with Crippen molar-refractivity contribution in [2.45, 2.75) is 38.2 Å². The van der Waals surface area contributed by atoms with Gasteiger partial charge in [-0.25, -0.2) is 0 Å². The van der Waals surface area contributed by atoms with Gasteiger partial charge in [-0.15, -0.1) is 0 Å². The van der Waals surface area contributed by atoms with E-state index in [9.17, 15) is 30.2 Å². The van der Waals surface area contributed by atoms with E-state index in [1.54, 1.807) is 0 Å². The first-order valence-electron chi connectivity index (χ1n) is 35.9. The molecule has 8 aromatic rings. The van der Waals surface area contributed by atoms with E-state index < -0.39 is 308 Å². The molecule has 254 valence electrons. The van der Waals surface area contributed by atoms with Crippen molar-refractivity contribution in [3.63, 3.8) is 0 Å². The third-order valence-electron chi connectivity index (χ3n) is 8.81. The highest BCUT2D eigenvalue weighted by Crippen LogP contribution is 2.57. The second-order valence-electron chi connectivity index (χ2n) is 11.8. The molecule has 1 nitrogen and oxygen atoms in total. The highest BCUT2D eigenvalue weighted by Gasteiger charge is 2.39. The summed E-state index contributed by atoms with van der Waals surface area (Å²) in [5.74, 6) is 0. The first-order valence-corrected chi connectivity index (χ1v) is 15.4. The summed E-state index contributed by atoms with van der Waals surface area (Å²) in [4.78, 5) is 0.0292. The molecule has 0 spiro atoms. The number of anilines is 3. The number of benzene rings is 8. The zero-order valence-corrected chi connectivity index (χ0v) is 26.4. The maximum Gasteiger partial charge on any atom is 0.0648 e. The van der Waals surface area contributed by atoms with Gasteiger partial charge >= 0.3 is 0 Å². The smallest absolute Gasteiger partial charge is 0.0648 e. The maximum atomic E-state index is 10.4. The second-order valence-corrected chi connectivity index (χ2v) is 11.8. The molecule has 0 N–H and O–H groups in total. The van der Waals surface area contributed by atoms with Crippen molar-refractivity contribution >= 4 is 27.8 Å². The van der Waals surface area contributed by atoms with E-state index >= 15 is 0 Å². The molecule has 2 aliphatic rings. The van der Waals surface area contributed by atoms with Gasteiger partial charge in [0, 0.05) is 44.2 Å². The van der Waals surface area contributed by atoms with Crippen LogP contribution in [0, 0.1) is 0 Å². The predicted molar refractivity (Wildman–Crippen MR) is 225 cm³/mol. The summed E-state index contributed by atoms with van der Waals surface area (Å²) in [5, 5.41) is -2.49. The van der Waals surface area contributed by atoms with E-state index in [1.165, 1.54) is 0 Å². The molecule has 53 heavy (non-hydrogen) atoms. The Labute approximate surface area is 370 Å². The van der Waals surface area contributed by atoms with Gasteiger partial charge < -0.3 is 4.90 Å². The van der Waals surface area contributed by atoms with Crippen LogP contribution >= 0.6 is 0 Å². The number of fused-ring (bicyclic) bond motifs is 5. The van der Waals surface area contributed by atoms with Crippen LogP contribution in [-0.4, -0.2) is 0 Å². The standard InChI is InChI=1S/C52H41N/c1-51(2)44-23-12-11-20-41(44)42-31-30-39(33-46(42)51)53(38-28-25-35(26-29-38)34-15-7-5-8-16-34)47-32-27-37-19-13-24-45-48(37)49(47)43-22-14-21-40(50(43)52(45,3)4)36-17-9-6-10-18-36/h5-33H,1-4H3/i1D3,2D3,3D3,4D3,5D,6D,7D,8D,9D,10D,11D,12D,13D,14D,15D,16D,17D,18D,19D,20D,21D,22D,23D,24D,25D,26D,27D,28D,29D,30D,31D,32D,33D. The average Bonchev–Trinajstić information content (AvgIpc) is 0.930. The lowest BCUT2D eigenvalue weighted by molar-refractivity contribution is 0.647. The van der Waals surface area contributed by atoms with Crippen molar-refractivity contribution in [3.05, 3.63) is 197 Å². The molecule has 0 unspecified atom stereocenters. The second kappa shape index (κ2) is 11.7. The van der Waals surface area contributed by atoms with E-state index in [0.717, 1.165) is 0 Å². The summed E-state index contributed by atoms with van der Waals surface area (Å²) in [7, 11) is 0. The predicted octanol–water partition coefficient (Wildman–Crippen LogP) is 14.3. The number of hydrogen-bond donors (Lipinski definition) is 0. The minimum atomic E-state index is -4.37. The fraction of sp³-hybridized carbons (Fsp3) is 0.115. The highest BCUT2D eigenvalue weighted by atomic mass is 15.1. The summed E-state index contributed by atoms with van der Waals surface area (Å²) in [6, 6.07) is -39.9. The van der Waals surface area contributed by atoms with Gasteiger partial charge in [-0.05, 0) is 102 Å². The molecule has 0 heterocycles. The molecule has 0 saturated carbocycles. The van der Waals surface area contributed by atoms with Crippen molar-refractivity contribution < 1.29 is 56.2 Å². The molecule has 0 amide bonds. The van der Waals surface area contributed by atoms with Crippen LogP contribution in [-0.2, 0) is 10.8 Å². The van der Waals surface area contributed by atoms with Gasteiger partial charge in [0.1, 0.15) is 0 Å².